The van der Waals surface area contributed by atoms with E-state index >= 15 is 4.39 Å². The van der Waals surface area contributed by atoms with Crippen molar-refractivity contribution < 1.29 is 18.6 Å². The molecule has 2 aromatic heterocycles. The van der Waals surface area contributed by atoms with Gasteiger partial charge in [0.25, 0.3) is 0 Å². The Labute approximate surface area is 215 Å². The number of benzene rings is 1. The van der Waals surface area contributed by atoms with Crippen LogP contribution in [0.25, 0.3) is 16.7 Å². The molecule has 4 saturated heterocycles. The summed E-state index contributed by atoms with van der Waals surface area (Å²) in [7, 11) is 1.58. The number of methoxy groups -OCH3 is 1. The third-order valence-corrected chi connectivity index (χ3v) is 8.62. The fraction of sp³-hybridized carbons (Fsp3) is 0.593. The molecule has 4 aliphatic rings. The number of alkyl halides is 1. The summed E-state index contributed by atoms with van der Waals surface area (Å²) in [6.45, 7) is 6.47. The monoisotopic (exact) mass is 508 g/mol. The third kappa shape index (κ3) is 4.06. The number of halogens is 1. The van der Waals surface area contributed by atoms with Crippen LogP contribution in [0.4, 0.5) is 10.2 Å². The summed E-state index contributed by atoms with van der Waals surface area (Å²) in [5, 5.41) is 5.68. The van der Waals surface area contributed by atoms with Gasteiger partial charge in [-0.15, -0.1) is 0 Å². The van der Waals surface area contributed by atoms with Crippen molar-refractivity contribution in [2.75, 3.05) is 51.5 Å². The van der Waals surface area contributed by atoms with Crippen molar-refractivity contribution in [2.24, 2.45) is 0 Å². The lowest BCUT2D eigenvalue weighted by Gasteiger charge is -2.38. The minimum atomic E-state index is -0.916. The third-order valence-electron chi connectivity index (χ3n) is 8.62. The van der Waals surface area contributed by atoms with Gasteiger partial charge in [0.05, 0.1) is 44.2 Å². The highest BCUT2D eigenvalue weighted by molar-refractivity contribution is 5.82. The number of fused-ring (bicyclic) bond motifs is 3. The zero-order chi connectivity index (χ0) is 25.1. The minimum Gasteiger partial charge on any atom is -0.467 e. The number of aromatic nitrogens is 4. The van der Waals surface area contributed by atoms with E-state index in [9.17, 15) is 0 Å². The van der Waals surface area contributed by atoms with Crippen LogP contribution >= 0.6 is 0 Å². The molecule has 0 radical (unpaired) electrons. The zero-order valence-corrected chi connectivity index (χ0v) is 21.3. The SMILES string of the molecule is COc1nc(N2C[C@@H]3C[C@H]2CO3)cc(-n2ncc3cc(C)c([C@H]4CCN(C5CCOC5)C[C@H]4F)cc32)n1. The molecule has 4 aliphatic heterocycles. The molecule has 0 aliphatic carbocycles. The lowest BCUT2D eigenvalue weighted by molar-refractivity contribution is 0.0728. The van der Waals surface area contributed by atoms with Crippen LogP contribution in [-0.4, -0.2) is 95.6 Å². The van der Waals surface area contributed by atoms with Crippen LogP contribution in [0.1, 0.15) is 36.3 Å². The second-order valence-electron chi connectivity index (χ2n) is 10.8. The first-order valence-electron chi connectivity index (χ1n) is 13.3. The van der Waals surface area contributed by atoms with E-state index in [2.05, 4.69) is 43.9 Å². The molecule has 1 unspecified atom stereocenters. The summed E-state index contributed by atoms with van der Waals surface area (Å²) in [4.78, 5) is 13.8. The van der Waals surface area contributed by atoms with Crippen LogP contribution in [0.2, 0.25) is 0 Å². The van der Waals surface area contributed by atoms with E-state index in [4.69, 9.17) is 14.2 Å². The Balaban J connectivity index is 1.22. The van der Waals surface area contributed by atoms with E-state index in [1.807, 2.05) is 16.9 Å². The van der Waals surface area contributed by atoms with E-state index in [-0.39, 0.29) is 12.0 Å². The number of nitrogens with zero attached hydrogens (tertiary/aromatic N) is 6. The highest BCUT2D eigenvalue weighted by Crippen LogP contribution is 2.37. The number of piperidine rings is 1. The van der Waals surface area contributed by atoms with Gasteiger partial charge in [0.1, 0.15) is 12.0 Å². The molecule has 196 valence electrons. The normalized spacial score (nSPS) is 30.0. The molecule has 0 saturated carbocycles. The van der Waals surface area contributed by atoms with Crippen LogP contribution < -0.4 is 9.64 Å². The van der Waals surface area contributed by atoms with E-state index in [1.165, 1.54) is 0 Å². The quantitative estimate of drug-likeness (QED) is 0.521. The zero-order valence-electron chi connectivity index (χ0n) is 21.3. The van der Waals surface area contributed by atoms with Gasteiger partial charge in [0.2, 0.25) is 0 Å². The predicted molar refractivity (Wildman–Crippen MR) is 136 cm³/mol. The highest BCUT2D eigenvalue weighted by atomic mass is 19.1. The van der Waals surface area contributed by atoms with E-state index in [0.29, 0.717) is 30.5 Å². The molecule has 2 bridgehead atoms. The topological polar surface area (TPSA) is 77.8 Å². The number of anilines is 1. The first-order chi connectivity index (χ1) is 18.1. The molecular weight excluding hydrogens is 475 g/mol. The smallest absolute Gasteiger partial charge is 0.320 e. The number of hydrogen-bond donors (Lipinski definition) is 0. The molecule has 0 N–H and O–H groups in total. The van der Waals surface area contributed by atoms with Gasteiger partial charge < -0.3 is 19.1 Å². The number of rotatable bonds is 5. The Morgan fingerprint density at radius 2 is 1.95 bits per heavy atom. The number of morpholine rings is 1. The highest BCUT2D eigenvalue weighted by Gasteiger charge is 2.40. The van der Waals surface area contributed by atoms with Gasteiger partial charge in [-0.05, 0) is 56.0 Å². The van der Waals surface area contributed by atoms with Gasteiger partial charge in [-0.1, -0.05) is 0 Å². The van der Waals surface area contributed by atoms with Crippen LogP contribution in [0.15, 0.2) is 24.4 Å². The first kappa shape index (κ1) is 23.3. The molecule has 4 fully saturated rings. The van der Waals surface area contributed by atoms with Crippen molar-refractivity contribution in [1.82, 2.24) is 24.6 Å². The average molecular weight is 509 g/mol. The molecule has 5 atom stereocenters. The fourth-order valence-corrected chi connectivity index (χ4v) is 6.63. The van der Waals surface area contributed by atoms with Crippen LogP contribution in [0.5, 0.6) is 6.01 Å². The lowest BCUT2D eigenvalue weighted by Crippen LogP contribution is -2.46. The Morgan fingerprint density at radius 3 is 2.68 bits per heavy atom. The number of hydrogen-bond acceptors (Lipinski definition) is 8. The number of ether oxygens (including phenoxy) is 3. The van der Waals surface area contributed by atoms with Crippen LogP contribution in [-0.2, 0) is 9.47 Å². The predicted octanol–water partition coefficient (Wildman–Crippen LogP) is 3.03. The van der Waals surface area contributed by atoms with Gasteiger partial charge in [-0.25, -0.2) is 9.07 Å². The van der Waals surface area contributed by atoms with Gasteiger partial charge in [0.15, 0.2) is 5.82 Å². The lowest BCUT2D eigenvalue weighted by atomic mass is 9.84. The molecule has 1 aromatic carbocycles. The van der Waals surface area contributed by atoms with Gasteiger partial charge in [-0.2, -0.15) is 15.1 Å². The largest absolute Gasteiger partial charge is 0.467 e. The molecular formula is C27H33FN6O3. The molecule has 3 aromatic rings. The minimum absolute atomic E-state index is 0.137. The Kier molecular flexibility index (Phi) is 5.78. The number of likely N-dealkylation sites (tertiary alicyclic amines) is 1. The van der Waals surface area contributed by atoms with Gasteiger partial charge in [0, 0.05) is 43.1 Å². The Hall–Kier alpha value is -2.82. The summed E-state index contributed by atoms with van der Waals surface area (Å²) in [6, 6.07) is 7.18. The summed E-state index contributed by atoms with van der Waals surface area (Å²) in [6.07, 6.45) is 4.00. The first-order valence-corrected chi connectivity index (χ1v) is 13.3. The fourth-order valence-electron chi connectivity index (χ4n) is 6.63. The summed E-state index contributed by atoms with van der Waals surface area (Å²) in [5.74, 6) is 1.32. The molecule has 37 heavy (non-hydrogen) atoms. The van der Waals surface area contributed by atoms with Crippen LogP contribution in [0.3, 0.4) is 0 Å². The average Bonchev–Trinajstić information content (AvgIpc) is 3.73. The van der Waals surface area contributed by atoms with Crippen molar-refractivity contribution in [2.45, 2.75) is 56.5 Å². The molecule has 0 spiro atoms. The van der Waals surface area contributed by atoms with Crippen LogP contribution in [0, 0.1) is 6.92 Å². The summed E-state index contributed by atoms with van der Waals surface area (Å²) in [5.41, 5.74) is 3.07. The maximum atomic E-state index is 15.6. The second kappa shape index (κ2) is 9.18. The van der Waals surface area contributed by atoms with Crippen molar-refractivity contribution in [3.63, 3.8) is 0 Å². The Bertz CT molecular complexity index is 1310. The van der Waals surface area contributed by atoms with Crippen molar-refractivity contribution >= 4 is 16.7 Å². The summed E-state index contributed by atoms with van der Waals surface area (Å²) < 4.78 is 34.2. The second-order valence-corrected chi connectivity index (χ2v) is 10.8. The Morgan fingerprint density at radius 1 is 1.05 bits per heavy atom. The van der Waals surface area contributed by atoms with Gasteiger partial charge in [-0.3, -0.25) is 4.90 Å². The van der Waals surface area contributed by atoms with E-state index in [0.717, 1.165) is 80.0 Å². The molecule has 7 rings (SSSR count). The molecule has 9 nitrogen and oxygen atoms in total. The van der Waals surface area contributed by atoms with Gasteiger partial charge >= 0.3 is 6.01 Å². The van der Waals surface area contributed by atoms with Crippen molar-refractivity contribution in [1.29, 1.82) is 0 Å². The van der Waals surface area contributed by atoms with E-state index in [1.54, 1.807) is 7.11 Å². The number of aryl methyl sites for hydroxylation is 1. The standard InChI is InChI=1S/C27H33FN6O3/c1-16-7-17-11-29-34(26-10-25(30-27(31-26)35-2)33-12-20-8-19(33)15-37-20)24(17)9-22(16)21-3-5-32(13-23(21)28)18-4-6-36-14-18/h7,9-11,18-21,23H,3-6,8,12-15H2,1-2H3/t18?,19-,20-,21+,23+/m0/s1. The molecule has 6 heterocycles. The summed E-state index contributed by atoms with van der Waals surface area (Å²) >= 11 is 0. The molecule has 10 heteroatoms. The maximum absolute atomic E-state index is 15.6. The molecule has 0 amide bonds. The van der Waals surface area contributed by atoms with Crippen molar-refractivity contribution in [3.05, 3.63) is 35.5 Å². The maximum Gasteiger partial charge on any atom is 0.320 e. The van der Waals surface area contributed by atoms with E-state index < -0.39 is 6.17 Å². The van der Waals surface area contributed by atoms with Crippen molar-refractivity contribution in [3.8, 4) is 11.8 Å².